The van der Waals surface area contributed by atoms with E-state index in [1.807, 2.05) is 6.92 Å². The molecule has 118 valence electrons. The molecule has 0 spiro atoms. The minimum Gasteiger partial charge on any atom is -0.370 e. The molecule has 1 atom stereocenters. The van der Waals surface area contributed by atoms with Crippen molar-refractivity contribution in [3.8, 4) is 0 Å². The first kappa shape index (κ1) is 16.2. The summed E-state index contributed by atoms with van der Waals surface area (Å²) in [5.41, 5.74) is 0. The smallest absolute Gasteiger partial charge is 0.244 e. The third kappa shape index (κ3) is 3.74. The van der Waals surface area contributed by atoms with E-state index in [4.69, 9.17) is 0 Å². The van der Waals surface area contributed by atoms with Gasteiger partial charge in [-0.25, -0.2) is 13.4 Å². The van der Waals surface area contributed by atoms with Crippen molar-refractivity contribution in [2.45, 2.75) is 56.9 Å². The van der Waals surface area contributed by atoms with Crippen molar-refractivity contribution in [3.63, 3.8) is 0 Å². The molecule has 0 aliphatic carbocycles. The monoisotopic (exact) mass is 311 g/mol. The Balaban J connectivity index is 2.26. The number of nitrogens with zero attached hydrogens (tertiary/aromatic N) is 2. The van der Waals surface area contributed by atoms with Crippen molar-refractivity contribution in [2.24, 2.45) is 0 Å². The predicted molar refractivity (Wildman–Crippen MR) is 84.8 cm³/mol. The van der Waals surface area contributed by atoms with Crippen LogP contribution in [0.4, 0.5) is 5.82 Å². The van der Waals surface area contributed by atoms with Gasteiger partial charge < -0.3 is 5.32 Å². The largest absolute Gasteiger partial charge is 0.370 e. The summed E-state index contributed by atoms with van der Waals surface area (Å²) in [6.45, 7) is 5.43. The number of aromatic nitrogens is 1. The number of pyridine rings is 1. The van der Waals surface area contributed by atoms with Crippen LogP contribution in [0.3, 0.4) is 0 Å². The molecule has 0 bridgehead atoms. The standard InChI is InChI=1S/C15H25N3O2S/c1-3-13-8-6-5-7-11-18(13)21(19,20)14-9-10-15(16-4-2)17-12-14/h9-10,12-13H,3-8,11H2,1-2H3,(H,16,17). The molecule has 2 heterocycles. The lowest BCUT2D eigenvalue weighted by Crippen LogP contribution is -2.39. The van der Waals surface area contributed by atoms with Gasteiger partial charge in [-0.2, -0.15) is 4.31 Å². The van der Waals surface area contributed by atoms with E-state index in [2.05, 4.69) is 17.2 Å². The Hall–Kier alpha value is -1.14. The molecule has 0 aromatic carbocycles. The van der Waals surface area contributed by atoms with Crippen LogP contribution in [0.15, 0.2) is 23.2 Å². The molecule has 5 nitrogen and oxygen atoms in total. The summed E-state index contributed by atoms with van der Waals surface area (Å²) in [4.78, 5) is 4.48. The summed E-state index contributed by atoms with van der Waals surface area (Å²) in [5, 5.41) is 3.08. The Morgan fingerprint density at radius 3 is 2.71 bits per heavy atom. The highest BCUT2D eigenvalue weighted by Crippen LogP contribution is 2.26. The van der Waals surface area contributed by atoms with Gasteiger partial charge in [0.25, 0.3) is 0 Å². The number of sulfonamides is 1. The minimum absolute atomic E-state index is 0.117. The summed E-state index contributed by atoms with van der Waals surface area (Å²) >= 11 is 0. The van der Waals surface area contributed by atoms with Crippen LogP contribution >= 0.6 is 0 Å². The van der Waals surface area contributed by atoms with Gasteiger partial charge in [0, 0.05) is 25.3 Å². The molecule has 2 rings (SSSR count). The zero-order valence-corrected chi connectivity index (χ0v) is 13.7. The van der Waals surface area contributed by atoms with Crippen LogP contribution < -0.4 is 5.32 Å². The lowest BCUT2D eigenvalue weighted by Gasteiger charge is -2.28. The van der Waals surface area contributed by atoms with E-state index in [9.17, 15) is 8.42 Å². The topological polar surface area (TPSA) is 62.3 Å². The van der Waals surface area contributed by atoms with Gasteiger partial charge >= 0.3 is 0 Å². The normalized spacial score (nSPS) is 21.0. The Morgan fingerprint density at radius 1 is 1.29 bits per heavy atom. The number of nitrogens with one attached hydrogen (secondary N) is 1. The van der Waals surface area contributed by atoms with Crippen LogP contribution in [0.25, 0.3) is 0 Å². The first-order valence-corrected chi connectivity index (χ1v) is 9.25. The average molecular weight is 311 g/mol. The van der Waals surface area contributed by atoms with E-state index in [1.165, 1.54) is 6.20 Å². The fraction of sp³-hybridized carbons (Fsp3) is 0.667. The third-order valence-corrected chi connectivity index (χ3v) is 5.93. The van der Waals surface area contributed by atoms with Crippen molar-refractivity contribution in [1.29, 1.82) is 0 Å². The van der Waals surface area contributed by atoms with Crippen molar-refractivity contribution >= 4 is 15.8 Å². The van der Waals surface area contributed by atoms with E-state index in [0.717, 1.165) is 38.6 Å². The SMILES string of the molecule is CCNc1ccc(S(=O)(=O)N2CCCCCC2CC)cn1. The van der Waals surface area contributed by atoms with Crippen LogP contribution in [0.5, 0.6) is 0 Å². The van der Waals surface area contributed by atoms with E-state index < -0.39 is 10.0 Å². The molecular weight excluding hydrogens is 286 g/mol. The molecule has 0 radical (unpaired) electrons. The molecule has 0 amide bonds. The van der Waals surface area contributed by atoms with Gasteiger partial charge in [-0.05, 0) is 38.3 Å². The molecule has 1 fully saturated rings. The molecule has 1 aromatic rings. The second-order valence-electron chi connectivity index (χ2n) is 5.44. The summed E-state index contributed by atoms with van der Waals surface area (Å²) in [6, 6.07) is 3.50. The number of hydrogen-bond donors (Lipinski definition) is 1. The van der Waals surface area contributed by atoms with E-state index in [1.54, 1.807) is 16.4 Å². The van der Waals surface area contributed by atoms with E-state index in [0.29, 0.717) is 17.3 Å². The van der Waals surface area contributed by atoms with Gasteiger partial charge in [0.2, 0.25) is 10.0 Å². The highest BCUT2D eigenvalue weighted by atomic mass is 32.2. The molecule has 1 aromatic heterocycles. The number of anilines is 1. The lowest BCUT2D eigenvalue weighted by atomic mass is 10.1. The molecular formula is C15H25N3O2S. The maximum Gasteiger partial charge on any atom is 0.244 e. The fourth-order valence-corrected chi connectivity index (χ4v) is 4.54. The van der Waals surface area contributed by atoms with Gasteiger partial charge in [0.1, 0.15) is 10.7 Å². The first-order valence-electron chi connectivity index (χ1n) is 7.81. The minimum atomic E-state index is -3.44. The third-order valence-electron chi connectivity index (χ3n) is 4.00. The predicted octanol–water partition coefficient (Wildman–Crippen LogP) is 2.86. The van der Waals surface area contributed by atoms with Gasteiger partial charge in [-0.3, -0.25) is 0 Å². The zero-order valence-electron chi connectivity index (χ0n) is 12.9. The van der Waals surface area contributed by atoms with Crippen molar-refractivity contribution in [1.82, 2.24) is 9.29 Å². The van der Waals surface area contributed by atoms with Crippen LogP contribution in [0.1, 0.15) is 46.0 Å². The van der Waals surface area contributed by atoms with Crippen LogP contribution in [-0.2, 0) is 10.0 Å². The molecule has 1 saturated heterocycles. The Labute approximate surface area is 127 Å². The average Bonchev–Trinajstić information content (AvgIpc) is 2.73. The summed E-state index contributed by atoms with van der Waals surface area (Å²) in [5.74, 6) is 0.708. The summed E-state index contributed by atoms with van der Waals surface area (Å²) < 4.78 is 27.4. The number of rotatable bonds is 5. The van der Waals surface area contributed by atoms with Crippen molar-refractivity contribution in [2.75, 3.05) is 18.4 Å². The molecule has 6 heteroatoms. The first-order chi connectivity index (χ1) is 10.1. The molecule has 1 aliphatic heterocycles. The van der Waals surface area contributed by atoms with Gasteiger partial charge in [0.05, 0.1) is 0 Å². The van der Waals surface area contributed by atoms with Gasteiger partial charge in [-0.1, -0.05) is 19.8 Å². The summed E-state index contributed by atoms with van der Waals surface area (Å²) in [6.07, 6.45) is 6.45. The van der Waals surface area contributed by atoms with Crippen LogP contribution in [0, 0.1) is 0 Å². The number of hydrogen-bond acceptors (Lipinski definition) is 4. The van der Waals surface area contributed by atoms with Crippen molar-refractivity contribution in [3.05, 3.63) is 18.3 Å². The lowest BCUT2D eigenvalue weighted by molar-refractivity contribution is 0.315. The van der Waals surface area contributed by atoms with Crippen molar-refractivity contribution < 1.29 is 8.42 Å². The quantitative estimate of drug-likeness (QED) is 0.908. The molecule has 1 N–H and O–H groups in total. The van der Waals surface area contributed by atoms with Crippen LogP contribution in [-0.4, -0.2) is 36.8 Å². The van der Waals surface area contributed by atoms with E-state index >= 15 is 0 Å². The van der Waals surface area contributed by atoms with E-state index in [-0.39, 0.29) is 6.04 Å². The highest BCUT2D eigenvalue weighted by Gasteiger charge is 2.31. The molecule has 0 saturated carbocycles. The van der Waals surface area contributed by atoms with Gasteiger partial charge in [-0.15, -0.1) is 0 Å². The second kappa shape index (κ2) is 7.22. The molecule has 1 aliphatic rings. The summed E-state index contributed by atoms with van der Waals surface area (Å²) in [7, 11) is -3.44. The fourth-order valence-electron chi connectivity index (χ4n) is 2.83. The maximum absolute atomic E-state index is 12.8. The highest BCUT2D eigenvalue weighted by molar-refractivity contribution is 7.89. The zero-order chi connectivity index (χ0) is 15.3. The molecule has 1 unspecified atom stereocenters. The van der Waals surface area contributed by atoms with Crippen LogP contribution in [0.2, 0.25) is 0 Å². The Bertz CT molecular complexity index is 543. The second-order valence-corrected chi connectivity index (χ2v) is 7.33. The molecule has 21 heavy (non-hydrogen) atoms. The Kier molecular flexibility index (Phi) is 5.58. The van der Waals surface area contributed by atoms with Gasteiger partial charge in [0.15, 0.2) is 0 Å². The maximum atomic E-state index is 12.8. The Morgan fingerprint density at radius 2 is 2.10 bits per heavy atom.